The van der Waals surface area contributed by atoms with E-state index < -0.39 is 21.7 Å². The summed E-state index contributed by atoms with van der Waals surface area (Å²) in [6.07, 6.45) is 1.42. The van der Waals surface area contributed by atoms with Crippen LogP contribution in [0.4, 0.5) is 0 Å². The van der Waals surface area contributed by atoms with Crippen LogP contribution in [0, 0.1) is 5.92 Å². The van der Waals surface area contributed by atoms with Gasteiger partial charge in [0.15, 0.2) is 9.84 Å². The number of sulfone groups is 1. The standard InChI is InChI=1S/C12H15NO5S/c1-19(17,18)8-2-3-11(14)9(5-8)10-4-7(6-13-10)12(15)16/h2-3,5,7,10,13-14H,4,6H2,1H3,(H,15,16). The van der Waals surface area contributed by atoms with Gasteiger partial charge in [0.1, 0.15) is 5.75 Å². The van der Waals surface area contributed by atoms with Crippen LogP contribution in [-0.4, -0.2) is 37.4 Å². The van der Waals surface area contributed by atoms with E-state index in [-0.39, 0.29) is 16.7 Å². The molecule has 2 rings (SSSR count). The zero-order chi connectivity index (χ0) is 14.2. The van der Waals surface area contributed by atoms with Gasteiger partial charge < -0.3 is 15.5 Å². The summed E-state index contributed by atoms with van der Waals surface area (Å²) >= 11 is 0. The van der Waals surface area contributed by atoms with Crippen LogP contribution >= 0.6 is 0 Å². The Morgan fingerprint density at radius 1 is 1.42 bits per heavy atom. The van der Waals surface area contributed by atoms with E-state index in [0.29, 0.717) is 18.5 Å². The summed E-state index contributed by atoms with van der Waals surface area (Å²) in [7, 11) is -3.36. The molecule has 0 saturated carbocycles. The summed E-state index contributed by atoms with van der Waals surface area (Å²) in [5.74, 6) is -1.45. The Hall–Kier alpha value is -1.60. The number of hydrogen-bond donors (Lipinski definition) is 3. The first-order valence-electron chi connectivity index (χ1n) is 5.78. The molecule has 3 N–H and O–H groups in total. The zero-order valence-electron chi connectivity index (χ0n) is 10.3. The van der Waals surface area contributed by atoms with Crippen molar-refractivity contribution in [2.75, 3.05) is 12.8 Å². The lowest BCUT2D eigenvalue weighted by molar-refractivity contribution is -0.141. The second kappa shape index (κ2) is 4.82. The first-order chi connectivity index (χ1) is 8.79. The lowest BCUT2D eigenvalue weighted by Crippen LogP contribution is -2.17. The normalized spacial score (nSPS) is 23.4. The summed E-state index contributed by atoms with van der Waals surface area (Å²) in [5.41, 5.74) is 0.423. The van der Waals surface area contributed by atoms with Crippen LogP contribution in [0.2, 0.25) is 0 Å². The molecular formula is C12H15NO5S. The number of nitrogens with one attached hydrogen (secondary N) is 1. The van der Waals surface area contributed by atoms with Crippen molar-refractivity contribution in [3.63, 3.8) is 0 Å². The fourth-order valence-electron chi connectivity index (χ4n) is 2.20. The molecule has 0 bridgehead atoms. The van der Waals surface area contributed by atoms with Crippen LogP contribution in [-0.2, 0) is 14.6 Å². The predicted octanol–water partition coefficient (Wildman–Crippen LogP) is 0.531. The van der Waals surface area contributed by atoms with E-state index >= 15 is 0 Å². The van der Waals surface area contributed by atoms with Crippen molar-refractivity contribution in [2.45, 2.75) is 17.4 Å². The molecule has 1 aliphatic rings. The Morgan fingerprint density at radius 3 is 2.63 bits per heavy atom. The molecule has 2 unspecified atom stereocenters. The van der Waals surface area contributed by atoms with Crippen molar-refractivity contribution in [3.8, 4) is 5.75 Å². The number of carboxylic acid groups (broad SMARTS) is 1. The lowest BCUT2D eigenvalue weighted by atomic mass is 9.99. The van der Waals surface area contributed by atoms with Gasteiger partial charge in [-0.25, -0.2) is 8.42 Å². The lowest BCUT2D eigenvalue weighted by Gasteiger charge is -2.13. The maximum atomic E-state index is 11.5. The molecule has 104 valence electrons. The second-order valence-electron chi connectivity index (χ2n) is 4.72. The highest BCUT2D eigenvalue weighted by atomic mass is 32.2. The number of phenolic OH excluding ortho intramolecular Hbond substituents is 1. The molecule has 1 aromatic carbocycles. The third-order valence-electron chi connectivity index (χ3n) is 3.28. The molecule has 19 heavy (non-hydrogen) atoms. The highest BCUT2D eigenvalue weighted by Crippen LogP contribution is 2.34. The number of aromatic hydroxyl groups is 1. The minimum absolute atomic E-state index is 0.0315. The number of carbonyl (C=O) groups is 1. The van der Waals surface area contributed by atoms with Crippen molar-refractivity contribution < 1.29 is 23.4 Å². The second-order valence-corrected chi connectivity index (χ2v) is 6.74. The molecule has 6 nitrogen and oxygen atoms in total. The summed E-state index contributed by atoms with van der Waals surface area (Å²) in [6, 6.07) is 3.70. The van der Waals surface area contributed by atoms with Crippen LogP contribution < -0.4 is 5.32 Å². The number of phenols is 1. The smallest absolute Gasteiger partial charge is 0.307 e. The van der Waals surface area contributed by atoms with Crippen LogP contribution in [0.5, 0.6) is 5.75 Å². The van der Waals surface area contributed by atoms with Gasteiger partial charge in [0.2, 0.25) is 0 Å². The Morgan fingerprint density at radius 2 is 2.11 bits per heavy atom. The van der Waals surface area contributed by atoms with E-state index in [4.69, 9.17) is 5.11 Å². The minimum Gasteiger partial charge on any atom is -0.508 e. The number of hydrogen-bond acceptors (Lipinski definition) is 5. The van der Waals surface area contributed by atoms with Crippen molar-refractivity contribution >= 4 is 15.8 Å². The molecule has 0 aromatic heterocycles. The summed E-state index contributed by atoms with van der Waals surface area (Å²) in [5, 5.41) is 21.7. The van der Waals surface area contributed by atoms with Gasteiger partial charge in [-0.05, 0) is 24.6 Å². The van der Waals surface area contributed by atoms with E-state index in [0.717, 1.165) is 6.26 Å². The monoisotopic (exact) mass is 285 g/mol. The molecular weight excluding hydrogens is 270 g/mol. The number of rotatable bonds is 3. The number of benzene rings is 1. The molecule has 1 heterocycles. The fourth-order valence-corrected chi connectivity index (χ4v) is 2.86. The molecule has 0 spiro atoms. The average Bonchev–Trinajstić information content (AvgIpc) is 2.77. The molecule has 0 aliphatic carbocycles. The Kier molecular flexibility index (Phi) is 3.51. The van der Waals surface area contributed by atoms with E-state index in [1.807, 2.05) is 0 Å². The molecule has 0 amide bonds. The van der Waals surface area contributed by atoms with Gasteiger partial charge in [-0.3, -0.25) is 4.79 Å². The zero-order valence-corrected chi connectivity index (χ0v) is 11.1. The third-order valence-corrected chi connectivity index (χ3v) is 4.39. The van der Waals surface area contributed by atoms with Crippen molar-refractivity contribution in [3.05, 3.63) is 23.8 Å². The molecule has 1 aliphatic heterocycles. The Balaban J connectivity index is 2.33. The SMILES string of the molecule is CS(=O)(=O)c1ccc(O)c(C2CC(C(=O)O)CN2)c1. The highest BCUT2D eigenvalue weighted by Gasteiger charge is 2.31. The fraction of sp³-hybridized carbons (Fsp3) is 0.417. The Labute approximate surface area is 111 Å². The average molecular weight is 285 g/mol. The molecule has 2 atom stereocenters. The van der Waals surface area contributed by atoms with E-state index in [1.165, 1.54) is 18.2 Å². The van der Waals surface area contributed by atoms with Crippen molar-refractivity contribution in [1.82, 2.24) is 5.32 Å². The first kappa shape index (κ1) is 13.8. The summed E-state index contributed by atoms with van der Waals surface area (Å²) < 4.78 is 23.0. The van der Waals surface area contributed by atoms with Crippen molar-refractivity contribution in [1.29, 1.82) is 0 Å². The largest absolute Gasteiger partial charge is 0.508 e. The van der Waals surface area contributed by atoms with Gasteiger partial charge in [-0.15, -0.1) is 0 Å². The molecule has 0 radical (unpaired) electrons. The Bertz CT molecular complexity index is 611. The van der Waals surface area contributed by atoms with Gasteiger partial charge in [0.05, 0.1) is 10.8 Å². The van der Waals surface area contributed by atoms with Gasteiger partial charge >= 0.3 is 5.97 Å². The maximum absolute atomic E-state index is 11.5. The van der Waals surface area contributed by atoms with Crippen LogP contribution in [0.3, 0.4) is 0 Å². The summed E-state index contributed by atoms with van der Waals surface area (Å²) in [4.78, 5) is 11.0. The van der Waals surface area contributed by atoms with Gasteiger partial charge in [-0.1, -0.05) is 0 Å². The minimum atomic E-state index is -3.36. The van der Waals surface area contributed by atoms with Gasteiger partial charge in [0.25, 0.3) is 0 Å². The van der Waals surface area contributed by atoms with E-state index in [9.17, 15) is 18.3 Å². The third kappa shape index (κ3) is 2.87. The van der Waals surface area contributed by atoms with E-state index in [2.05, 4.69) is 5.32 Å². The topological polar surface area (TPSA) is 104 Å². The highest BCUT2D eigenvalue weighted by molar-refractivity contribution is 7.90. The van der Waals surface area contributed by atoms with Crippen molar-refractivity contribution in [2.24, 2.45) is 5.92 Å². The van der Waals surface area contributed by atoms with Crippen LogP contribution in [0.25, 0.3) is 0 Å². The van der Waals surface area contributed by atoms with Crippen LogP contribution in [0.15, 0.2) is 23.1 Å². The maximum Gasteiger partial charge on any atom is 0.307 e. The molecule has 1 aromatic rings. The first-order valence-corrected chi connectivity index (χ1v) is 7.67. The molecule has 1 fully saturated rings. The van der Waals surface area contributed by atoms with Crippen LogP contribution in [0.1, 0.15) is 18.0 Å². The van der Waals surface area contributed by atoms with Gasteiger partial charge in [0, 0.05) is 24.4 Å². The van der Waals surface area contributed by atoms with Gasteiger partial charge in [-0.2, -0.15) is 0 Å². The summed E-state index contributed by atoms with van der Waals surface area (Å²) in [6.45, 7) is 0.308. The quantitative estimate of drug-likeness (QED) is 0.748. The molecule has 1 saturated heterocycles. The predicted molar refractivity (Wildman–Crippen MR) is 67.7 cm³/mol. The molecule has 7 heteroatoms. The number of carboxylic acids is 1. The van der Waals surface area contributed by atoms with E-state index in [1.54, 1.807) is 0 Å². The number of aliphatic carboxylic acids is 1.